The van der Waals surface area contributed by atoms with Crippen LogP contribution in [0.3, 0.4) is 0 Å². The number of phenols is 1. The topological polar surface area (TPSA) is 116 Å². The van der Waals surface area contributed by atoms with Gasteiger partial charge >= 0.3 is 17.9 Å². The zero-order valence-corrected chi connectivity index (χ0v) is 16.2. The Bertz CT molecular complexity index is 961. The molecule has 2 aromatic carbocycles. The number of rotatable bonds is 7. The Labute approximate surface area is 167 Å². The minimum atomic E-state index is -0.559. The van der Waals surface area contributed by atoms with E-state index in [0.717, 1.165) is 0 Å². The molecule has 29 heavy (non-hydrogen) atoms. The molecule has 8 heteroatoms. The third-order valence-electron chi connectivity index (χ3n) is 3.71. The largest absolute Gasteiger partial charge is 0.507 e. The quantitative estimate of drug-likeness (QED) is 0.428. The van der Waals surface area contributed by atoms with Crippen molar-refractivity contribution in [3.8, 4) is 23.0 Å². The van der Waals surface area contributed by atoms with Crippen molar-refractivity contribution in [2.75, 3.05) is 0 Å². The van der Waals surface area contributed by atoms with Gasteiger partial charge in [-0.3, -0.25) is 19.2 Å². The summed E-state index contributed by atoms with van der Waals surface area (Å²) in [6, 6.07) is 8.48. The van der Waals surface area contributed by atoms with Crippen LogP contribution in [0, 0.1) is 0 Å². The maximum absolute atomic E-state index is 12.5. The van der Waals surface area contributed by atoms with Crippen LogP contribution in [0.15, 0.2) is 36.4 Å². The molecule has 0 aromatic heterocycles. The first kappa shape index (κ1) is 21.6. The Hall–Kier alpha value is -3.68. The van der Waals surface area contributed by atoms with Crippen molar-refractivity contribution < 1.29 is 38.5 Å². The first-order chi connectivity index (χ1) is 13.7. The molecule has 0 aliphatic heterocycles. The molecule has 0 amide bonds. The van der Waals surface area contributed by atoms with Crippen LogP contribution in [0.5, 0.6) is 23.0 Å². The summed E-state index contributed by atoms with van der Waals surface area (Å²) in [5.74, 6) is -1.76. The molecule has 152 valence electrons. The van der Waals surface area contributed by atoms with E-state index in [1.54, 1.807) is 6.07 Å². The molecule has 1 N–H and O–H groups in total. The summed E-state index contributed by atoms with van der Waals surface area (Å²) in [5.41, 5.74) is 0.631. The summed E-state index contributed by atoms with van der Waals surface area (Å²) in [7, 11) is 0. The van der Waals surface area contributed by atoms with Gasteiger partial charge < -0.3 is 19.3 Å². The fraction of sp³-hybridized carbons (Fsp3) is 0.238. The highest BCUT2D eigenvalue weighted by molar-refractivity contribution is 5.99. The number of phenolic OH excluding ortho intramolecular Hbond substituents is 1. The highest BCUT2D eigenvalue weighted by atomic mass is 16.5. The Morgan fingerprint density at radius 2 is 1.34 bits per heavy atom. The number of benzene rings is 2. The van der Waals surface area contributed by atoms with Gasteiger partial charge in [-0.1, -0.05) is 6.07 Å². The lowest BCUT2D eigenvalue weighted by Crippen LogP contribution is -2.08. The monoisotopic (exact) mass is 400 g/mol. The van der Waals surface area contributed by atoms with E-state index in [1.165, 1.54) is 51.1 Å². The van der Waals surface area contributed by atoms with Crippen LogP contribution in [-0.2, 0) is 20.8 Å². The Balaban J connectivity index is 2.15. The molecule has 0 saturated carbocycles. The standard InChI is InChI=1S/C21H20O8/c1-12(22)27-16-7-8-18(20(26)10-16)19(25)9-5-15-4-6-17(28-13(2)23)11-21(15)29-14(3)24/h4,6-8,10-11,26H,5,9H2,1-3H3. The van der Waals surface area contributed by atoms with Crippen LogP contribution < -0.4 is 14.2 Å². The number of esters is 3. The first-order valence-electron chi connectivity index (χ1n) is 8.70. The Kier molecular flexibility index (Phi) is 7.08. The molecular weight excluding hydrogens is 380 g/mol. The average molecular weight is 400 g/mol. The van der Waals surface area contributed by atoms with E-state index in [1.807, 2.05) is 0 Å². The molecule has 2 aromatic rings. The number of ketones is 1. The molecule has 0 fully saturated rings. The molecule has 2 rings (SSSR count). The molecular formula is C21H20O8. The van der Waals surface area contributed by atoms with Gasteiger partial charge in [0.15, 0.2) is 5.78 Å². The lowest BCUT2D eigenvalue weighted by atomic mass is 10.0. The second-order valence-electron chi connectivity index (χ2n) is 6.15. The minimum Gasteiger partial charge on any atom is -0.507 e. The van der Waals surface area contributed by atoms with Gasteiger partial charge in [-0.15, -0.1) is 0 Å². The lowest BCUT2D eigenvalue weighted by Gasteiger charge is -2.11. The van der Waals surface area contributed by atoms with Crippen molar-refractivity contribution in [2.45, 2.75) is 33.6 Å². The van der Waals surface area contributed by atoms with E-state index in [2.05, 4.69) is 0 Å². The van der Waals surface area contributed by atoms with Gasteiger partial charge in [0.2, 0.25) is 0 Å². The van der Waals surface area contributed by atoms with Crippen LogP contribution in [0.2, 0.25) is 0 Å². The van der Waals surface area contributed by atoms with Crippen LogP contribution in [0.4, 0.5) is 0 Å². The van der Waals surface area contributed by atoms with Crippen molar-refractivity contribution in [2.24, 2.45) is 0 Å². The number of aromatic hydroxyl groups is 1. The zero-order chi connectivity index (χ0) is 21.6. The fourth-order valence-corrected chi connectivity index (χ4v) is 2.58. The fourth-order valence-electron chi connectivity index (χ4n) is 2.58. The number of ether oxygens (including phenoxy) is 3. The molecule has 0 radical (unpaired) electrons. The molecule has 0 saturated heterocycles. The summed E-state index contributed by atoms with van der Waals surface area (Å²) in [6.45, 7) is 3.71. The van der Waals surface area contributed by atoms with Crippen LogP contribution >= 0.6 is 0 Å². The van der Waals surface area contributed by atoms with Gasteiger partial charge in [0, 0.05) is 39.3 Å². The van der Waals surface area contributed by atoms with Gasteiger partial charge in [0.25, 0.3) is 0 Å². The number of carbonyl (C=O) groups is 4. The third-order valence-corrected chi connectivity index (χ3v) is 3.71. The third kappa shape index (κ3) is 6.46. The summed E-state index contributed by atoms with van der Waals surface area (Å²) >= 11 is 0. The lowest BCUT2D eigenvalue weighted by molar-refractivity contribution is -0.133. The normalized spacial score (nSPS) is 10.2. The van der Waals surface area contributed by atoms with E-state index < -0.39 is 17.9 Å². The molecule has 0 aliphatic carbocycles. The van der Waals surface area contributed by atoms with Gasteiger partial charge in [0.05, 0.1) is 5.56 Å². The van der Waals surface area contributed by atoms with Crippen molar-refractivity contribution in [3.05, 3.63) is 47.5 Å². The SMILES string of the molecule is CC(=O)Oc1ccc(C(=O)CCc2ccc(OC(C)=O)cc2OC(C)=O)c(O)c1. The summed E-state index contributed by atoms with van der Waals surface area (Å²) in [6.07, 6.45) is 0.231. The van der Waals surface area contributed by atoms with Gasteiger partial charge in [0.1, 0.15) is 23.0 Å². The molecule has 8 nitrogen and oxygen atoms in total. The average Bonchev–Trinajstić information content (AvgIpc) is 2.59. The van der Waals surface area contributed by atoms with Crippen LogP contribution in [-0.4, -0.2) is 28.8 Å². The summed E-state index contributed by atoms with van der Waals surface area (Å²) in [4.78, 5) is 45.9. The number of hydrogen-bond acceptors (Lipinski definition) is 8. The molecule has 0 aliphatic rings. The van der Waals surface area contributed by atoms with Crippen molar-refractivity contribution in [3.63, 3.8) is 0 Å². The summed E-state index contributed by atoms with van der Waals surface area (Å²) < 4.78 is 15.0. The van der Waals surface area contributed by atoms with E-state index in [-0.39, 0.29) is 47.2 Å². The predicted molar refractivity (Wildman–Crippen MR) is 101 cm³/mol. The van der Waals surface area contributed by atoms with Crippen LogP contribution in [0.1, 0.15) is 43.1 Å². The molecule has 0 unspecified atom stereocenters. The predicted octanol–water partition coefficient (Wildman–Crippen LogP) is 2.98. The maximum Gasteiger partial charge on any atom is 0.308 e. The number of Topliss-reactive ketones (excluding diaryl/α,β-unsaturated/α-hetero) is 1. The van der Waals surface area contributed by atoms with E-state index in [9.17, 15) is 24.3 Å². The molecule has 0 spiro atoms. The van der Waals surface area contributed by atoms with Gasteiger partial charge in [-0.2, -0.15) is 0 Å². The molecule has 0 atom stereocenters. The number of carbonyl (C=O) groups excluding carboxylic acids is 4. The molecule has 0 heterocycles. The van der Waals surface area contributed by atoms with Crippen LogP contribution in [0.25, 0.3) is 0 Å². The van der Waals surface area contributed by atoms with Crippen molar-refractivity contribution >= 4 is 23.7 Å². The van der Waals surface area contributed by atoms with E-state index >= 15 is 0 Å². The van der Waals surface area contributed by atoms with E-state index in [4.69, 9.17) is 14.2 Å². The molecule has 0 bridgehead atoms. The highest BCUT2D eigenvalue weighted by Crippen LogP contribution is 2.29. The number of aryl methyl sites for hydroxylation is 1. The second kappa shape index (κ2) is 9.50. The first-order valence-corrected chi connectivity index (χ1v) is 8.70. The Morgan fingerprint density at radius 1 is 0.793 bits per heavy atom. The highest BCUT2D eigenvalue weighted by Gasteiger charge is 2.16. The van der Waals surface area contributed by atoms with Crippen molar-refractivity contribution in [1.29, 1.82) is 0 Å². The smallest absolute Gasteiger partial charge is 0.308 e. The van der Waals surface area contributed by atoms with Crippen molar-refractivity contribution in [1.82, 2.24) is 0 Å². The Morgan fingerprint density at radius 3 is 1.90 bits per heavy atom. The minimum absolute atomic E-state index is 0.0155. The van der Waals surface area contributed by atoms with Gasteiger partial charge in [-0.25, -0.2) is 0 Å². The zero-order valence-electron chi connectivity index (χ0n) is 16.2. The van der Waals surface area contributed by atoms with Gasteiger partial charge in [-0.05, 0) is 30.2 Å². The number of hydrogen-bond donors (Lipinski definition) is 1. The maximum atomic E-state index is 12.5. The van der Waals surface area contributed by atoms with E-state index in [0.29, 0.717) is 5.56 Å². The second-order valence-corrected chi connectivity index (χ2v) is 6.15. The summed E-state index contributed by atoms with van der Waals surface area (Å²) in [5, 5.41) is 10.0.